The SMILES string of the molecule is Cc1cccc(CN(C(=O)C2CNCCC2NC(=O)c2ccc3ccccc3c2)C2CC2)c1C. The summed E-state index contributed by atoms with van der Waals surface area (Å²) in [6.45, 7) is 6.28. The lowest BCUT2D eigenvalue weighted by atomic mass is 9.91. The van der Waals surface area contributed by atoms with Crippen LogP contribution in [0.5, 0.6) is 0 Å². The van der Waals surface area contributed by atoms with Crippen molar-refractivity contribution in [3.8, 4) is 0 Å². The Morgan fingerprint density at radius 2 is 1.76 bits per heavy atom. The molecule has 2 amide bonds. The zero-order chi connectivity index (χ0) is 23.7. The first-order valence-corrected chi connectivity index (χ1v) is 12.4. The molecule has 5 rings (SSSR count). The van der Waals surface area contributed by atoms with Crippen molar-refractivity contribution in [1.29, 1.82) is 0 Å². The Hall–Kier alpha value is -3.18. The number of rotatable bonds is 6. The fraction of sp³-hybridized carbons (Fsp3) is 0.379. The number of fused-ring (bicyclic) bond motifs is 1. The van der Waals surface area contributed by atoms with Crippen LogP contribution in [0, 0.1) is 19.8 Å². The van der Waals surface area contributed by atoms with E-state index < -0.39 is 0 Å². The molecule has 2 fully saturated rings. The molecule has 1 aliphatic carbocycles. The highest BCUT2D eigenvalue weighted by Crippen LogP contribution is 2.32. The minimum Gasteiger partial charge on any atom is -0.348 e. The number of nitrogens with zero attached hydrogens (tertiary/aromatic N) is 1. The minimum atomic E-state index is -0.260. The number of hydrogen-bond donors (Lipinski definition) is 2. The predicted octanol–water partition coefficient (Wildman–Crippen LogP) is 4.36. The fourth-order valence-corrected chi connectivity index (χ4v) is 5.03. The second-order valence-electron chi connectivity index (χ2n) is 9.80. The summed E-state index contributed by atoms with van der Waals surface area (Å²) in [4.78, 5) is 29.0. The van der Waals surface area contributed by atoms with Crippen molar-refractivity contribution < 1.29 is 9.59 Å². The Morgan fingerprint density at radius 3 is 2.56 bits per heavy atom. The third kappa shape index (κ3) is 4.71. The van der Waals surface area contributed by atoms with Crippen LogP contribution >= 0.6 is 0 Å². The summed E-state index contributed by atoms with van der Waals surface area (Å²) in [7, 11) is 0. The number of piperidine rings is 1. The second kappa shape index (κ2) is 9.59. The van der Waals surface area contributed by atoms with Crippen LogP contribution in [0.2, 0.25) is 0 Å². The molecular weight excluding hydrogens is 422 g/mol. The van der Waals surface area contributed by atoms with Crippen LogP contribution in [-0.2, 0) is 11.3 Å². The molecule has 0 aromatic heterocycles. The summed E-state index contributed by atoms with van der Waals surface area (Å²) in [6.07, 6.45) is 2.87. The van der Waals surface area contributed by atoms with Crippen LogP contribution in [0.1, 0.15) is 46.3 Å². The molecule has 2 unspecified atom stereocenters. The van der Waals surface area contributed by atoms with Gasteiger partial charge in [-0.3, -0.25) is 9.59 Å². The zero-order valence-electron chi connectivity index (χ0n) is 20.0. The van der Waals surface area contributed by atoms with Crippen LogP contribution < -0.4 is 10.6 Å². The maximum Gasteiger partial charge on any atom is 0.251 e. The van der Waals surface area contributed by atoms with E-state index in [4.69, 9.17) is 0 Å². The molecule has 5 heteroatoms. The first kappa shape index (κ1) is 22.6. The maximum atomic E-state index is 13.8. The summed E-state index contributed by atoms with van der Waals surface area (Å²) in [5, 5.41) is 8.74. The molecule has 1 saturated heterocycles. The van der Waals surface area contributed by atoms with Gasteiger partial charge in [-0.25, -0.2) is 0 Å². The van der Waals surface area contributed by atoms with Crippen molar-refractivity contribution in [2.75, 3.05) is 13.1 Å². The third-order valence-corrected chi connectivity index (χ3v) is 7.46. The van der Waals surface area contributed by atoms with Crippen LogP contribution in [0.25, 0.3) is 10.8 Å². The van der Waals surface area contributed by atoms with Gasteiger partial charge >= 0.3 is 0 Å². The quantitative estimate of drug-likeness (QED) is 0.581. The lowest BCUT2D eigenvalue weighted by molar-refractivity contribution is -0.138. The average Bonchev–Trinajstić information content (AvgIpc) is 3.70. The van der Waals surface area contributed by atoms with E-state index in [1.54, 1.807) is 0 Å². The summed E-state index contributed by atoms with van der Waals surface area (Å²) in [6, 6.07) is 20.3. The number of carbonyl (C=O) groups is 2. The standard InChI is InChI=1S/C29H33N3O2/c1-19-6-5-9-24(20(19)2)18-32(25-12-13-25)29(34)26-17-30-15-14-27(26)31-28(33)23-11-10-21-7-3-4-8-22(21)16-23/h3-11,16,25-27,30H,12-15,17-18H2,1-2H3,(H,31,33). The van der Waals surface area contributed by atoms with Gasteiger partial charge in [-0.15, -0.1) is 0 Å². The van der Waals surface area contributed by atoms with Crippen LogP contribution in [0.4, 0.5) is 0 Å². The molecule has 2 atom stereocenters. The van der Waals surface area contributed by atoms with Gasteiger partial charge in [0.05, 0.1) is 5.92 Å². The van der Waals surface area contributed by atoms with E-state index in [1.807, 2.05) is 42.5 Å². The summed E-state index contributed by atoms with van der Waals surface area (Å²) < 4.78 is 0. The van der Waals surface area contributed by atoms with E-state index in [2.05, 4.69) is 47.6 Å². The van der Waals surface area contributed by atoms with Crippen molar-refractivity contribution in [1.82, 2.24) is 15.5 Å². The van der Waals surface area contributed by atoms with Crippen molar-refractivity contribution in [3.05, 3.63) is 82.9 Å². The Morgan fingerprint density at radius 1 is 0.971 bits per heavy atom. The molecule has 2 N–H and O–H groups in total. The molecule has 0 spiro atoms. The summed E-state index contributed by atoms with van der Waals surface area (Å²) in [5.74, 6) is -0.216. The van der Waals surface area contributed by atoms with E-state index in [-0.39, 0.29) is 23.8 Å². The van der Waals surface area contributed by atoms with Gasteiger partial charge in [-0.05, 0) is 79.3 Å². The van der Waals surface area contributed by atoms with Crippen LogP contribution in [0.15, 0.2) is 60.7 Å². The molecule has 5 nitrogen and oxygen atoms in total. The number of benzene rings is 3. The maximum absolute atomic E-state index is 13.8. The molecule has 2 aliphatic rings. The van der Waals surface area contributed by atoms with Gasteiger partial charge < -0.3 is 15.5 Å². The number of nitrogens with one attached hydrogen (secondary N) is 2. The van der Waals surface area contributed by atoms with Gasteiger partial charge in [0.15, 0.2) is 0 Å². The lowest BCUT2D eigenvalue weighted by Gasteiger charge is -2.36. The number of carbonyl (C=O) groups excluding carboxylic acids is 2. The monoisotopic (exact) mass is 455 g/mol. The van der Waals surface area contributed by atoms with Gasteiger partial charge in [0.25, 0.3) is 5.91 Å². The molecule has 3 aromatic rings. The number of hydrogen-bond acceptors (Lipinski definition) is 3. The summed E-state index contributed by atoms with van der Waals surface area (Å²) in [5.41, 5.74) is 4.35. The molecule has 1 saturated carbocycles. The topological polar surface area (TPSA) is 61.4 Å². The first-order valence-electron chi connectivity index (χ1n) is 12.4. The van der Waals surface area contributed by atoms with Crippen molar-refractivity contribution in [3.63, 3.8) is 0 Å². The predicted molar refractivity (Wildman–Crippen MR) is 136 cm³/mol. The highest BCUT2D eigenvalue weighted by molar-refractivity contribution is 5.99. The molecular formula is C29H33N3O2. The van der Waals surface area contributed by atoms with Crippen molar-refractivity contribution >= 4 is 22.6 Å². The van der Waals surface area contributed by atoms with Gasteiger partial charge in [0.1, 0.15) is 0 Å². The Labute approximate surface area is 201 Å². The molecule has 1 aliphatic heterocycles. The molecule has 0 bridgehead atoms. The number of amides is 2. The Bertz CT molecular complexity index is 1220. The minimum absolute atomic E-state index is 0.108. The molecule has 176 valence electrons. The smallest absolute Gasteiger partial charge is 0.251 e. The van der Waals surface area contributed by atoms with Crippen LogP contribution in [0.3, 0.4) is 0 Å². The van der Waals surface area contributed by atoms with Gasteiger partial charge in [0.2, 0.25) is 5.91 Å². The highest BCUT2D eigenvalue weighted by Gasteiger charge is 2.40. The third-order valence-electron chi connectivity index (χ3n) is 7.46. The fourth-order valence-electron chi connectivity index (χ4n) is 5.03. The number of aryl methyl sites for hydroxylation is 1. The summed E-state index contributed by atoms with van der Waals surface area (Å²) >= 11 is 0. The van der Waals surface area contributed by atoms with E-state index in [0.29, 0.717) is 24.7 Å². The highest BCUT2D eigenvalue weighted by atomic mass is 16.2. The Balaban J connectivity index is 1.34. The second-order valence-corrected chi connectivity index (χ2v) is 9.80. The van der Waals surface area contributed by atoms with Gasteiger partial charge in [0, 0.05) is 30.7 Å². The average molecular weight is 456 g/mol. The molecule has 3 aromatic carbocycles. The lowest BCUT2D eigenvalue weighted by Crippen LogP contribution is -2.55. The molecule has 1 heterocycles. The first-order chi connectivity index (χ1) is 16.5. The van der Waals surface area contributed by atoms with E-state index >= 15 is 0 Å². The van der Waals surface area contributed by atoms with Gasteiger partial charge in [-0.1, -0.05) is 48.5 Å². The zero-order valence-corrected chi connectivity index (χ0v) is 20.0. The van der Waals surface area contributed by atoms with E-state index in [0.717, 1.165) is 36.6 Å². The van der Waals surface area contributed by atoms with Gasteiger partial charge in [-0.2, -0.15) is 0 Å². The Kier molecular flexibility index (Phi) is 6.38. The van der Waals surface area contributed by atoms with Crippen LogP contribution in [-0.4, -0.2) is 41.9 Å². The molecule has 34 heavy (non-hydrogen) atoms. The van der Waals surface area contributed by atoms with Crippen molar-refractivity contribution in [2.45, 2.75) is 51.7 Å². The normalized spacial score (nSPS) is 20.2. The van der Waals surface area contributed by atoms with E-state index in [9.17, 15) is 9.59 Å². The van der Waals surface area contributed by atoms with Crippen molar-refractivity contribution in [2.24, 2.45) is 5.92 Å². The van der Waals surface area contributed by atoms with E-state index in [1.165, 1.54) is 16.7 Å². The largest absolute Gasteiger partial charge is 0.348 e. The molecule has 0 radical (unpaired) electrons.